The summed E-state index contributed by atoms with van der Waals surface area (Å²) >= 11 is 3.38. The van der Waals surface area contributed by atoms with E-state index in [4.69, 9.17) is 0 Å². The fraction of sp³-hybridized carbons (Fsp3) is 0.125. The monoisotopic (exact) mass is 212 g/mol. The Morgan fingerprint density at radius 3 is 3.00 bits per heavy atom. The van der Waals surface area contributed by atoms with Crippen LogP contribution in [0.15, 0.2) is 33.8 Å². The number of benzene rings is 1. The van der Waals surface area contributed by atoms with Crippen LogP contribution < -0.4 is 5.43 Å². The predicted molar refractivity (Wildman–Crippen MR) is 50.5 cm³/mol. The van der Waals surface area contributed by atoms with Crippen molar-refractivity contribution in [3.8, 4) is 0 Å². The van der Waals surface area contributed by atoms with Crippen molar-refractivity contribution in [1.82, 2.24) is 5.43 Å². The normalized spacial score (nSPS) is 9.18. The summed E-state index contributed by atoms with van der Waals surface area (Å²) in [6, 6.07) is 8.05. The van der Waals surface area contributed by atoms with Gasteiger partial charge in [0.2, 0.25) is 0 Å². The molecule has 1 rings (SSSR count). The van der Waals surface area contributed by atoms with E-state index in [0.717, 1.165) is 11.0 Å². The molecule has 0 aromatic heterocycles. The van der Waals surface area contributed by atoms with Gasteiger partial charge in [-0.05, 0) is 17.7 Å². The number of hydrogen-bond acceptors (Lipinski definition) is 2. The zero-order chi connectivity index (χ0) is 8.10. The first kappa shape index (κ1) is 8.27. The Morgan fingerprint density at radius 2 is 2.36 bits per heavy atom. The van der Waals surface area contributed by atoms with Crippen LogP contribution in [-0.4, -0.2) is 6.72 Å². The minimum Gasteiger partial charge on any atom is -0.306 e. The lowest BCUT2D eigenvalue weighted by atomic mass is 10.2. The third kappa shape index (κ3) is 2.72. The Kier molecular flexibility index (Phi) is 3.11. The standard InChI is InChI=1S/C8H9BrN2/c1-10-11-6-7-3-2-4-8(9)5-7/h2-5,11H,1,6H2. The number of nitrogens with zero attached hydrogens (tertiary/aromatic N) is 1. The molecule has 0 atom stereocenters. The fourth-order valence-corrected chi connectivity index (χ4v) is 1.24. The summed E-state index contributed by atoms with van der Waals surface area (Å²) in [5.74, 6) is 0. The van der Waals surface area contributed by atoms with Gasteiger partial charge in [-0.15, -0.1) is 0 Å². The van der Waals surface area contributed by atoms with Gasteiger partial charge in [0.05, 0.1) is 6.54 Å². The van der Waals surface area contributed by atoms with Gasteiger partial charge >= 0.3 is 0 Å². The lowest BCUT2D eigenvalue weighted by molar-refractivity contribution is 0.750. The highest BCUT2D eigenvalue weighted by atomic mass is 79.9. The maximum Gasteiger partial charge on any atom is 0.0580 e. The van der Waals surface area contributed by atoms with Crippen molar-refractivity contribution < 1.29 is 0 Å². The van der Waals surface area contributed by atoms with Gasteiger partial charge in [0, 0.05) is 11.2 Å². The second-order valence-corrected chi connectivity index (χ2v) is 3.04. The Bertz CT molecular complexity index is 248. The Balaban J connectivity index is 2.63. The van der Waals surface area contributed by atoms with E-state index in [-0.39, 0.29) is 0 Å². The molecule has 0 radical (unpaired) electrons. The smallest absolute Gasteiger partial charge is 0.0580 e. The highest BCUT2D eigenvalue weighted by Crippen LogP contribution is 2.10. The van der Waals surface area contributed by atoms with Gasteiger partial charge in [0.25, 0.3) is 0 Å². The van der Waals surface area contributed by atoms with Gasteiger partial charge in [-0.1, -0.05) is 28.1 Å². The van der Waals surface area contributed by atoms with Crippen molar-refractivity contribution in [2.24, 2.45) is 5.10 Å². The molecule has 1 aromatic rings. The van der Waals surface area contributed by atoms with E-state index in [2.05, 4.69) is 33.2 Å². The number of hydrogen-bond donors (Lipinski definition) is 1. The van der Waals surface area contributed by atoms with Crippen molar-refractivity contribution in [3.05, 3.63) is 34.3 Å². The molecular formula is C8H9BrN2. The summed E-state index contributed by atoms with van der Waals surface area (Å²) < 4.78 is 1.08. The molecule has 2 nitrogen and oxygen atoms in total. The SMILES string of the molecule is C=NNCc1cccc(Br)c1. The molecule has 1 aromatic carbocycles. The van der Waals surface area contributed by atoms with Gasteiger partial charge in [0.1, 0.15) is 0 Å². The molecule has 0 heterocycles. The Morgan fingerprint density at radius 1 is 1.55 bits per heavy atom. The van der Waals surface area contributed by atoms with E-state index in [1.807, 2.05) is 24.3 Å². The molecule has 1 N–H and O–H groups in total. The maximum atomic E-state index is 3.55. The van der Waals surface area contributed by atoms with Crippen LogP contribution in [0.25, 0.3) is 0 Å². The second kappa shape index (κ2) is 4.13. The van der Waals surface area contributed by atoms with Crippen molar-refractivity contribution >= 4 is 22.6 Å². The zero-order valence-electron chi connectivity index (χ0n) is 6.05. The number of nitrogens with one attached hydrogen (secondary N) is 1. The van der Waals surface area contributed by atoms with E-state index in [0.29, 0.717) is 0 Å². The highest BCUT2D eigenvalue weighted by Gasteiger charge is 1.90. The molecule has 0 aliphatic carbocycles. The average molecular weight is 213 g/mol. The molecule has 0 aliphatic heterocycles. The molecule has 0 bridgehead atoms. The maximum absolute atomic E-state index is 3.55. The van der Waals surface area contributed by atoms with E-state index < -0.39 is 0 Å². The molecule has 0 unspecified atom stereocenters. The van der Waals surface area contributed by atoms with Crippen LogP contribution in [0.2, 0.25) is 0 Å². The number of rotatable bonds is 3. The fourth-order valence-electron chi connectivity index (χ4n) is 0.794. The van der Waals surface area contributed by atoms with Crippen molar-refractivity contribution in [2.45, 2.75) is 6.54 Å². The summed E-state index contributed by atoms with van der Waals surface area (Å²) in [4.78, 5) is 0. The summed E-state index contributed by atoms with van der Waals surface area (Å²) in [6.07, 6.45) is 0. The molecule has 0 aliphatic rings. The summed E-state index contributed by atoms with van der Waals surface area (Å²) in [6.45, 7) is 4.05. The average Bonchev–Trinajstić information content (AvgIpc) is 2.01. The molecule has 0 spiro atoms. The highest BCUT2D eigenvalue weighted by molar-refractivity contribution is 9.10. The lowest BCUT2D eigenvalue weighted by Gasteiger charge is -1.99. The van der Waals surface area contributed by atoms with Crippen LogP contribution in [0.3, 0.4) is 0 Å². The van der Waals surface area contributed by atoms with Crippen molar-refractivity contribution in [1.29, 1.82) is 0 Å². The van der Waals surface area contributed by atoms with E-state index in [9.17, 15) is 0 Å². The van der Waals surface area contributed by atoms with Crippen molar-refractivity contribution in [3.63, 3.8) is 0 Å². The largest absolute Gasteiger partial charge is 0.306 e. The third-order valence-electron chi connectivity index (χ3n) is 1.28. The summed E-state index contributed by atoms with van der Waals surface area (Å²) in [5, 5.41) is 3.55. The molecule has 0 fully saturated rings. The van der Waals surface area contributed by atoms with E-state index >= 15 is 0 Å². The van der Waals surface area contributed by atoms with Crippen LogP contribution >= 0.6 is 15.9 Å². The van der Waals surface area contributed by atoms with Crippen LogP contribution in [0.4, 0.5) is 0 Å². The molecule has 0 saturated carbocycles. The van der Waals surface area contributed by atoms with Gasteiger partial charge in [-0.2, -0.15) is 5.10 Å². The van der Waals surface area contributed by atoms with Gasteiger partial charge in [-0.3, -0.25) is 0 Å². The number of hydrazone groups is 1. The van der Waals surface area contributed by atoms with Crippen LogP contribution in [-0.2, 0) is 6.54 Å². The second-order valence-electron chi connectivity index (χ2n) is 2.12. The van der Waals surface area contributed by atoms with Crippen LogP contribution in [0, 0.1) is 0 Å². The third-order valence-corrected chi connectivity index (χ3v) is 1.78. The van der Waals surface area contributed by atoms with Gasteiger partial charge in [0.15, 0.2) is 0 Å². The first-order valence-electron chi connectivity index (χ1n) is 3.26. The Hall–Kier alpha value is -0.830. The quantitative estimate of drug-likeness (QED) is 0.603. The summed E-state index contributed by atoms with van der Waals surface area (Å²) in [5.41, 5.74) is 3.97. The molecule has 58 valence electrons. The topological polar surface area (TPSA) is 24.4 Å². The minimum atomic E-state index is 0.725. The zero-order valence-corrected chi connectivity index (χ0v) is 7.63. The molecule has 0 amide bonds. The molecular weight excluding hydrogens is 204 g/mol. The minimum absolute atomic E-state index is 0.725. The molecule has 11 heavy (non-hydrogen) atoms. The lowest BCUT2D eigenvalue weighted by Crippen LogP contribution is -2.03. The molecule has 0 saturated heterocycles. The van der Waals surface area contributed by atoms with E-state index in [1.165, 1.54) is 5.56 Å². The van der Waals surface area contributed by atoms with E-state index in [1.54, 1.807) is 0 Å². The van der Waals surface area contributed by atoms with Crippen molar-refractivity contribution in [2.75, 3.05) is 0 Å². The Labute approximate surface area is 74.4 Å². The van der Waals surface area contributed by atoms with Gasteiger partial charge in [-0.25, -0.2) is 0 Å². The van der Waals surface area contributed by atoms with Crippen LogP contribution in [0.5, 0.6) is 0 Å². The van der Waals surface area contributed by atoms with Gasteiger partial charge < -0.3 is 5.43 Å². The first-order chi connectivity index (χ1) is 5.33. The first-order valence-corrected chi connectivity index (χ1v) is 4.05. The number of halogens is 1. The predicted octanol–water partition coefficient (Wildman–Crippen LogP) is 2.15. The van der Waals surface area contributed by atoms with Crippen LogP contribution in [0.1, 0.15) is 5.56 Å². The molecule has 3 heteroatoms. The summed E-state index contributed by atoms with van der Waals surface area (Å²) in [7, 11) is 0.